The Bertz CT molecular complexity index is 1650. The lowest BCUT2D eigenvalue weighted by Crippen LogP contribution is -2.54. The highest BCUT2D eigenvalue weighted by atomic mass is 19.1. The molecule has 0 unspecified atom stereocenters. The first-order chi connectivity index (χ1) is 20.2. The molecule has 0 spiro atoms. The number of hydrogen-bond donors (Lipinski definition) is 2. The smallest absolute Gasteiger partial charge is 0.317 e. The fraction of sp³-hybridized carbons (Fsp3) is 0.414. The molecule has 2 aliphatic heterocycles. The van der Waals surface area contributed by atoms with Gasteiger partial charge in [-0.2, -0.15) is 10.1 Å². The van der Waals surface area contributed by atoms with Gasteiger partial charge in [-0.15, -0.1) is 0 Å². The maximum atomic E-state index is 14.7. The first-order valence-corrected chi connectivity index (χ1v) is 14.0. The average Bonchev–Trinajstić information content (AvgIpc) is 3.33. The van der Waals surface area contributed by atoms with Gasteiger partial charge in [-0.05, 0) is 38.1 Å². The number of rotatable bonds is 7. The molecule has 2 saturated heterocycles. The van der Waals surface area contributed by atoms with Gasteiger partial charge in [-0.1, -0.05) is 0 Å². The summed E-state index contributed by atoms with van der Waals surface area (Å²) in [6.07, 6.45) is 3.36. The van der Waals surface area contributed by atoms with Crippen molar-refractivity contribution in [3.05, 3.63) is 48.0 Å². The van der Waals surface area contributed by atoms with Crippen LogP contribution in [0.3, 0.4) is 0 Å². The van der Waals surface area contributed by atoms with Crippen molar-refractivity contribution < 1.29 is 23.5 Å². The molecule has 2 amide bonds. The topological polar surface area (TPSA) is 127 Å². The second-order valence-corrected chi connectivity index (χ2v) is 10.9. The Morgan fingerprint density at radius 1 is 1.21 bits per heavy atom. The van der Waals surface area contributed by atoms with Crippen LogP contribution in [-0.2, 0) is 16.6 Å². The number of aryl methyl sites for hydroxylation is 1. The summed E-state index contributed by atoms with van der Waals surface area (Å²) in [6, 6.07) is 7.21. The second kappa shape index (κ2) is 11.5. The molecule has 2 atom stereocenters. The molecule has 4 aromatic rings. The predicted molar refractivity (Wildman–Crippen MR) is 155 cm³/mol. The number of carbonyl (C=O) groups is 2. The molecule has 2 aliphatic rings. The molecule has 0 aliphatic carbocycles. The van der Waals surface area contributed by atoms with Gasteiger partial charge in [0.15, 0.2) is 5.82 Å². The molecule has 2 aromatic heterocycles. The molecule has 220 valence electrons. The van der Waals surface area contributed by atoms with E-state index in [2.05, 4.69) is 44.4 Å². The van der Waals surface area contributed by atoms with Crippen LogP contribution in [0.4, 0.5) is 15.8 Å². The highest BCUT2D eigenvalue weighted by Gasteiger charge is 2.25. The van der Waals surface area contributed by atoms with E-state index in [1.54, 1.807) is 36.5 Å². The van der Waals surface area contributed by atoms with Crippen molar-refractivity contribution in [3.8, 4) is 6.01 Å². The van der Waals surface area contributed by atoms with E-state index in [1.807, 2.05) is 6.07 Å². The van der Waals surface area contributed by atoms with Crippen LogP contribution >= 0.6 is 0 Å². The first-order valence-electron chi connectivity index (χ1n) is 14.0. The van der Waals surface area contributed by atoms with Gasteiger partial charge < -0.3 is 29.9 Å². The number of morpholine rings is 1. The van der Waals surface area contributed by atoms with Crippen LogP contribution < -0.4 is 20.3 Å². The molecule has 0 radical (unpaired) electrons. The molecule has 2 aromatic carbocycles. The van der Waals surface area contributed by atoms with Gasteiger partial charge >= 0.3 is 6.01 Å². The van der Waals surface area contributed by atoms with Gasteiger partial charge in [0.2, 0.25) is 5.91 Å². The Kier molecular flexibility index (Phi) is 7.60. The first kappa shape index (κ1) is 27.8. The summed E-state index contributed by atoms with van der Waals surface area (Å²) in [5.41, 5.74) is 2.17. The molecule has 2 fully saturated rings. The Balaban J connectivity index is 1.31. The number of benzene rings is 2. The number of nitrogens with zero attached hydrogens (tertiary/aromatic N) is 6. The number of carbonyl (C=O) groups excluding carboxylic acids is 2. The molecule has 4 heterocycles. The van der Waals surface area contributed by atoms with E-state index in [9.17, 15) is 14.0 Å². The molecule has 13 heteroatoms. The van der Waals surface area contributed by atoms with Crippen LogP contribution in [0, 0.1) is 5.82 Å². The van der Waals surface area contributed by atoms with Crippen molar-refractivity contribution >= 4 is 45.0 Å². The fourth-order valence-electron chi connectivity index (χ4n) is 5.66. The van der Waals surface area contributed by atoms with E-state index < -0.39 is 11.7 Å². The number of hydrogen-bond acceptors (Lipinski definition) is 9. The third-order valence-corrected chi connectivity index (χ3v) is 7.46. The van der Waals surface area contributed by atoms with Crippen molar-refractivity contribution in [1.82, 2.24) is 30.0 Å². The molecule has 0 bridgehead atoms. The predicted octanol–water partition coefficient (Wildman–Crippen LogP) is 2.33. The standard InChI is InChI=1S/C29H33FN8O4/c1-17-13-38(14-18(2)32-17)24-5-4-21(28(40)33-20-10-19-15-36(3)35-26(19)23(30)11-20)27-22(24)12-31-29(34-27)42-9-7-37-6-8-41-16-25(37)39/h4-5,10-12,15,17-18,32H,6-9,13-14,16H2,1-3H3,(H,33,40)/t17-,18+. The lowest BCUT2D eigenvalue weighted by atomic mass is 10.0. The number of nitrogens with one attached hydrogen (secondary N) is 2. The molecule has 0 saturated carbocycles. The third kappa shape index (κ3) is 5.70. The summed E-state index contributed by atoms with van der Waals surface area (Å²) in [5.74, 6) is -1.06. The minimum atomic E-state index is -0.526. The zero-order valence-corrected chi connectivity index (χ0v) is 23.8. The number of halogens is 1. The molecule has 42 heavy (non-hydrogen) atoms. The number of amides is 2. The van der Waals surface area contributed by atoms with Gasteiger partial charge in [-0.25, -0.2) is 9.37 Å². The van der Waals surface area contributed by atoms with Gasteiger partial charge in [0.1, 0.15) is 18.7 Å². The number of fused-ring (bicyclic) bond motifs is 2. The summed E-state index contributed by atoms with van der Waals surface area (Å²) in [4.78, 5) is 38.7. The molecular formula is C29H33FN8O4. The van der Waals surface area contributed by atoms with Crippen LogP contribution in [0.15, 0.2) is 36.7 Å². The van der Waals surface area contributed by atoms with Gasteiger partial charge in [-0.3, -0.25) is 14.3 Å². The van der Waals surface area contributed by atoms with Crippen molar-refractivity contribution in [1.29, 1.82) is 0 Å². The summed E-state index contributed by atoms with van der Waals surface area (Å²) < 4.78 is 27.2. The fourth-order valence-corrected chi connectivity index (χ4v) is 5.66. The number of piperazine rings is 1. The van der Waals surface area contributed by atoms with Crippen molar-refractivity contribution in [2.75, 3.05) is 56.2 Å². The van der Waals surface area contributed by atoms with Crippen LogP contribution in [0.5, 0.6) is 6.01 Å². The van der Waals surface area contributed by atoms with Crippen LogP contribution in [0.25, 0.3) is 21.8 Å². The summed E-state index contributed by atoms with van der Waals surface area (Å²) in [7, 11) is 1.71. The van der Waals surface area contributed by atoms with Crippen LogP contribution in [0.1, 0.15) is 24.2 Å². The van der Waals surface area contributed by atoms with Crippen LogP contribution in [0.2, 0.25) is 0 Å². The number of anilines is 2. The second-order valence-electron chi connectivity index (χ2n) is 10.9. The molecule has 6 rings (SSSR count). The summed E-state index contributed by atoms with van der Waals surface area (Å²) in [6.45, 7) is 7.43. The Labute approximate surface area is 241 Å². The Morgan fingerprint density at radius 2 is 2.02 bits per heavy atom. The van der Waals surface area contributed by atoms with Crippen molar-refractivity contribution in [2.24, 2.45) is 7.05 Å². The zero-order chi connectivity index (χ0) is 29.4. The Morgan fingerprint density at radius 3 is 2.81 bits per heavy atom. The third-order valence-electron chi connectivity index (χ3n) is 7.46. The maximum Gasteiger partial charge on any atom is 0.317 e. The highest BCUT2D eigenvalue weighted by molar-refractivity contribution is 6.14. The van der Waals surface area contributed by atoms with E-state index in [1.165, 1.54) is 10.7 Å². The summed E-state index contributed by atoms with van der Waals surface area (Å²) in [5, 5.41) is 11.8. The minimum absolute atomic E-state index is 0.0641. The monoisotopic (exact) mass is 576 g/mol. The largest absolute Gasteiger partial charge is 0.462 e. The SMILES string of the molecule is C[C@@H]1CN(c2ccc(C(=O)Nc3cc(F)c4nn(C)cc4c3)c3nc(OCCN4CCOCC4=O)ncc23)C[C@H](C)N1. The van der Waals surface area contributed by atoms with Gasteiger partial charge in [0, 0.05) is 73.3 Å². The quantitative estimate of drug-likeness (QED) is 0.341. The van der Waals surface area contributed by atoms with Crippen molar-refractivity contribution in [3.63, 3.8) is 0 Å². The van der Waals surface area contributed by atoms with Gasteiger partial charge in [0.25, 0.3) is 5.91 Å². The lowest BCUT2D eigenvalue weighted by Gasteiger charge is -2.38. The number of ether oxygens (including phenoxy) is 2. The lowest BCUT2D eigenvalue weighted by molar-refractivity contribution is -0.143. The molecular weight excluding hydrogens is 543 g/mol. The molecule has 2 N–H and O–H groups in total. The highest BCUT2D eigenvalue weighted by Crippen LogP contribution is 2.31. The van der Waals surface area contributed by atoms with E-state index >= 15 is 0 Å². The van der Waals surface area contributed by atoms with Crippen molar-refractivity contribution in [2.45, 2.75) is 25.9 Å². The van der Waals surface area contributed by atoms with E-state index in [4.69, 9.17) is 9.47 Å². The zero-order valence-electron chi connectivity index (χ0n) is 23.8. The van der Waals surface area contributed by atoms with E-state index in [-0.39, 0.29) is 42.7 Å². The van der Waals surface area contributed by atoms with Gasteiger partial charge in [0.05, 0.1) is 24.2 Å². The normalized spacial score (nSPS) is 19.5. The Hall–Kier alpha value is -4.36. The summed E-state index contributed by atoms with van der Waals surface area (Å²) >= 11 is 0. The maximum absolute atomic E-state index is 14.7. The molecule has 12 nitrogen and oxygen atoms in total. The average molecular weight is 577 g/mol. The van der Waals surface area contributed by atoms with E-state index in [0.29, 0.717) is 47.2 Å². The van der Waals surface area contributed by atoms with Crippen LogP contribution in [-0.4, -0.2) is 94.5 Å². The van der Waals surface area contributed by atoms with E-state index in [0.717, 1.165) is 18.8 Å². The number of aromatic nitrogens is 4. The minimum Gasteiger partial charge on any atom is -0.462 e.